The highest BCUT2D eigenvalue weighted by molar-refractivity contribution is 5.76. The summed E-state index contributed by atoms with van der Waals surface area (Å²) in [7, 11) is 1.56. The summed E-state index contributed by atoms with van der Waals surface area (Å²) < 4.78 is 26.0. The highest BCUT2D eigenvalue weighted by Gasteiger charge is 2.13. The summed E-state index contributed by atoms with van der Waals surface area (Å²) in [5.74, 6) is -1.44. The minimum absolute atomic E-state index is 0.109. The Balaban J connectivity index is 2.67. The van der Waals surface area contributed by atoms with E-state index in [1.54, 1.807) is 14.0 Å². The Morgan fingerprint density at radius 1 is 1.47 bits per heavy atom. The molecule has 0 aromatic heterocycles. The number of nitrogens with two attached hydrogens (primary N) is 1. The van der Waals surface area contributed by atoms with Crippen molar-refractivity contribution in [3.05, 3.63) is 35.4 Å². The van der Waals surface area contributed by atoms with Crippen molar-refractivity contribution in [1.29, 1.82) is 0 Å². The van der Waals surface area contributed by atoms with Crippen LogP contribution in [0, 0.1) is 11.6 Å². The van der Waals surface area contributed by atoms with Gasteiger partial charge in [0.25, 0.3) is 0 Å². The van der Waals surface area contributed by atoms with Gasteiger partial charge in [-0.15, -0.1) is 0 Å². The van der Waals surface area contributed by atoms with E-state index >= 15 is 0 Å². The summed E-state index contributed by atoms with van der Waals surface area (Å²) in [5.41, 5.74) is 5.79. The largest absolute Gasteiger partial charge is 0.341 e. The molecule has 3 nitrogen and oxygen atoms in total. The minimum atomic E-state index is -0.648. The van der Waals surface area contributed by atoms with Crippen LogP contribution < -0.4 is 5.73 Å². The normalized spacial score (nSPS) is 12.3. The van der Waals surface area contributed by atoms with Gasteiger partial charge in [0.1, 0.15) is 11.6 Å². The standard InChI is InChI=1S/C12H16F2N2O/c1-8(15)5-12(17)16(2)7-9-3-4-10(13)6-11(9)14/h3-4,6,8H,5,7,15H2,1-2H3. The molecule has 1 aromatic rings. The van der Waals surface area contributed by atoms with Crippen molar-refractivity contribution in [2.45, 2.75) is 25.9 Å². The molecule has 17 heavy (non-hydrogen) atoms. The molecule has 0 fully saturated rings. The molecule has 0 bridgehead atoms. The molecule has 2 N–H and O–H groups in total. The molecule has 0 saturated carbocycles. The van der Waals surface area contributed by atoms with E-state index in [-0.39, 0.29) is 30.5 Å². The molecule has 0 saturated heterocycles. The first-order chi connectivity index (χ1) is 7.90. The predicted octanol–water partition coefficient (Wildman–Crippen LogP) is 1.66. The van der Waals surface area contributed by atoms with Gasteiger partial charge < -0.3 is 10.6 Å². The highest BCUT2D eigenvalue weighted by atomic mass is 19.1. The Morgan fingerprint density at radius 3 is 2.65 bits per heavy atom. The zero-order chi connectivity index (χ0) is 13.0. The smallest absolute Gasteiger partial charge is 0.224 e. The Bertz CT molecular complexity index is 407. The van der Waals surface area contributed by atoms with E-state index in [4.69, 9.17) is 5.73 Å². The van der Waals surface area contributed by atoms with Crippen LogP contribution in [0.4, 0.5) is 8.78 Å². The molecular formula is C12H16F2N2O. The van der Waals surface area contributed by atoms with Crippen molar-refractivity contribution in [2.75, 3.05) is 7.05 Å². The molecule has 1 atom stereocenters. The molecule has 0 aliphatic heterocycles. The van der Waals surface area contributed by atoms with E-state index in [1.165, 1.54) is 17.0 Å². The molecule has 94 valence electrons. The first-order valence-electron chi connectivity index (χ1n) is 5.33. The maximum atomic E-state index is 13.3. The Hall–Kier alpha value is -1.49. The highest BCUT2D eigenvalue weighted by Crippen LogP contribution is 2.12. The monoisotopic (exact) mass is 242 g/mol. The molecule has 0 aliphatic rings. The second-order valence-electron chi connectivity index (χ2n) is 4.17. The van der Waals surface area contributed by atoms with Gasteiger partial charge in [0.05, 0.1) is 0 Å². The lowest BCUT2D eigenvalue weighted by atomic mass is 10.1. The lowest BCUT2D eigenvalue weighted by molar-refractivity contribution is -0.130. The number of benzene rings is 1. The molecule has 5 heteroatoms. The Kier molecular flexibility index (Phi) is 4.57. The van der Waals surface area contributed by atoms with Crippen LogP contribution in [-0.2, 0) is 11.3 Å². The van der Waals surface area contributed by atoms with Crippen LogP contribution in [0.15, 0.2) is 18.2 Å². The summed E-state index contributed by atoms with van der Waals surface area (Å²) >= 11 is 0. The first-order valence-corrected chi connectivity index (χ1v) is 5.33. The topological polar surface area (TPSA) is 46.3 Å². The first kappa shape index (κ1) is 13.6. The van der Waals surface area contributed by atoms with Crippen molar-refractivity contribution < 1.29 is 13.6 Å². The summed E-state index contributed by atoms with van der Waals surface area (Å²) in [6.45, 7) is 1.84. The maximum absolute atomic E-state index is 13.3. The second kappa shape index (κ2) is 5.72. The number of halogens is 2. The average molecular weight is 242 g/mol. The fourth-order valence-electron chi connectivity index (χ4n) is 1.42. The van der Waals surface area contributed by atoms with Crippen LogP contribution in [0.5, 0.6) is 0 Å². The third-order valence-corrected chi connectivity index (χ3v) is 2.34. The van der Waals surface area contributed by atoms with Crippen LogP contribution in [0.1, 0.15) is 18.9 Å². The zero-order valence-corrected chi connectivity index (χ0v) is 9.91. The van der Waals surface area contributed by atoms with Crippen LogP contribution >= 0.6 is 0 Å². The third kappa shape index (κ3) is 4.11. The van der Waals surface area contributed by atoms with Crippen molar-refractivity contribution in [3.63, 3.8) is 0 Å². The lowest BCUT2D eigenvalue weighted by Crippen LogP contribution is -2.31. The van der Waals surface area contributed by atoms with E-state index in [1.807, 2.05) is 0 Å². The van der Waals surface area contributed by atoms with Crippen molar-refractivity contribution in [3.8, 4) is 0 Å². The van der Waals surface area contributed by atoms with E-state index in [0.29, 0.717) is 0 Å². The van der Waals surface area contributed by atoms with Gasteiger partial charge in [-0.05, 0) is 13.0 Å². The molecule has 1 unspecified atom stereocenters. The molecule has 0 radical (unpaired) electrons. The number of hydrogen-bond donors (Lipinski definition) is 1. The number of hydrogen-bond acceptors (Lipinski definition) is 2. The lowest BCUT2D eigenvalue weighted by Gasteiger charge is -2.18. The van der Waals surface area contributed by atoms with Crippen molar-refractivity contribution >= 4 is 5.91 Å². The van der Waals surface area contributed by atoms with Gasteiger partial charge in [-0.25, -0.2) is 8.78 Å². The average Bonchev–Trinajstić information content (AvgIpc) is 2.21. The molecule has 1 rings (SSSR count). The number of rotatable bonds is 4. The molecule has 0 heterocycles. The van der Waals surface area contributed by atoms with E-state index in [9.17, 15) is 13.6 Å². The van der Waals surface area contributed by atoms with E-state index in [0.717, 1.165) is 6.07 Å². The van der Waals surface area contributed by atoms with E-state index in [2.05, 4.69) is 0 Å². The molecular weight excluding hydrogens is 226 g/mol. The molecule has 0 aliphatic carbocycles. The Labute approximate surface area is 99.2 Å². The van der Waals surface area contributed by atoms with Crippen LogP contribution in [0.3, 0.4) is 0 Å². The zero-order valence-electron chi connectivity index (χ0n) is 9.91. The molecule has 1 aromatic carbocycles. The van der Waals surface area contributed by atoms with E-state index < -0.39 is 11.6 Å². The van der Waals surface area contributed by atoms with Gasteiger partial charge in [0.15, 0.2) is 0 Å². The summed E-state index contributed by atoms with van der Waals surface area (Å²) in [4.78, 5) is 13.0. The molecule has 0 spiro atoms. The summed E-state index contributed by atoms with van der Waals surface area (Å²) in [6.07, 6.45) is 0.208. The second-order valence-corrected chi connectivity index (χ2v) is 4.17. The quantitative estimate of drug-likeness (QED) is 0.872. The van der Waals surface area contributed by atoms with Crippen LogP contribution in [0.2, 0.25) is 0 Å². The Morgan fingerprint density at radius 2 is 2.12 bits per heavy atom. The van der Waals surface area contributed by atoms with Crippen molar-refractivity contribution in [1.82, 2.24) is 4.90 Å². The number of carbonyl (C=O) groups is 1. The minimum Gasteiger partial charge on any atom is -0.341 e. The van der Waals surface area contributed by atoms with Gasteiger partial charge in [-0.3, -0.25) is 4.79 Å². The number of amides is 1. The fourth-order valence-corrected chi connectivity index (χ4v) is 1.42. The van der Waals surface area contributed by atoms with Gasteiger partial charge in [0.2, 0.25) is 5.91 Å². The predicted molar refractivity (Wildman–Crippen MR) is 61.1 cm³/mol. The summed E-state index contributed by atoms with van der Waals surface area (Å²) in [6, 6.07) is 3.07. The van der Waals surface area contributed by atoms with Crippen LogP contribution in [-0.4, -0.2) is 23.9 Å². The SMILES string of the molecule is CC(N)CC(=O)N(C)Cc1ccc(F)cc1F. The number of nitrogens with zero attached hydrogens (tertiary/aromatic N) is 1. The van der Waals surface area contributed by atoms with Gasteiger partial charge in [-0.2, -0.15) is 0 Å². The van der Waals surface area contributed by atoms with Crippen LogP contribution in [0.25, 0.3) is 0 Å². The van der Waals surface area contributed by atoms with Crippen molar-refractivity contribution in [2.24, 2.45) is 5.73 Å². The van der Waals surface area contributed by atoms with Gasteiger partial charge in [0, 0.05) is 37.7 Å². The van der Waals surface area contributed by atoms with Gasteiger partial charge >= 0.3 is 0 Å². The fraction of sp³-hybridized carbons (Fsp3) is 0.417. The van der Waals surface area contributed by atoms with Gasteiger partial charge in [-0.1, -0.05) is 6.07 Å². The maximum Gasteiger partial charge on any atom is 0.224 e. The number of carbonyl (C=O) groups excluding carboxylic acids is 1. The molecule has 1 amide bonds. The third-order valence-electron chi connectivity index (χ3n) is 2.34. The summed E-state index contributed by atoms with van der Waals surface area (Å²) in [5, 5.41) is 0.